The van der Waals surface area contributed by atoms with E-state index in [1.54, 1.807) is 0 Å². The van der Waals surface area contributed by atoms with E-state index < -0.39 is 10.0 Å². The number of anilines is 1. The summed E-state index contributed by atoms with van der Waals surface area (Å²) < 4.78 is 31.5. The minimum Gasteiger partial charge on any atom is -0.481 e. The minimum atomic E-state index is -3.80. The Kier molecular flexibility index (Phi) is 4.21. The van der Waals surface area contributed by atoms with Gasteiger partial charge in [-0.1, -0.05) is 17.2 Å². The van der Waals surface area contributed by atoms with Gasteiger partial charge < -0.3 is 4.74 Å². The van der Waals surface area contributed by atoms with E-state index in [0.717, 1.165) is 0 Å². The first-order valence-corrected chi connectivity index (χ1v) is 7.07. The molecule has 10 heteroatoms. The second kappa shape index (κ2) is 6.07. The van der Waals surface area contributed by atoms with Gasteiger partial charge in [-0.05, 0) is 17.7 Å². The number of azide groups is 1. The number of rotatable bonds is 5. The molecule has 2 rings (SSSR count). The molecule has 0 unspecified atom stereocenters. The highest BCUT2D eigenvalue weighted by atomic mass is 32.2. The Balaban J connectivity index is 2.26. The van der Waals surface area contributed by atoms with Crippen molar-refractivity contribution in [2.24, 2.45) is 5.11 Å². The second-order valence-electron chi connectivity index (χ2n) is 3.73. The highest BCUT2D eigenvalue weighted by molar-refractivity contribution is 7.92. The average Bonchev–Trinajstić information content (AvgIpc) is 2.48. The van der Waals surface area contributed by atoms with E-state index in [-0.39, 0.29) is 16.6 Å². The summed E-state index contributed by atoms with van der Waals surface area (Å²) in [7, 11) is -2.39. The molecule has 0 radical (unpaired) electrons. The number of methoxy groups -OCH3 is 1. The fraction of sp³-hybridized carbons (Fsp3) is 0.0909. The van der Waals surface area contributed by atoms with Crippen molar-refractivity contribution in [1.82, 2.24) is 9.97 Å². The predicted octanol–water partition coefficient (Wildman–Crippen LogP) is 2.23. The number of sulfonamides is 1. The van der Waals surface area contributed by atoms with Gasteiger partial charge in [0.05, 0.1) is 12.0 Å². The van der Waals surface area contributed by atoms with Gasteiger partial charge in [-0.15, -0.1) is 0 Å². The molecule has 0 aliphatic heterocycles. The molecule has 2 aromatic rings. The van der Waals surface area contributed by atoms with Gasteiger partial charge in [0.1, 0.15) is 12.1 Å². The van der Waals surface area contributed by atoms with Gasteiger partial charge in [0.2, 0.25) is 5.88 Å². The molecule has 0 fully saturated rings. The molecule has 0 spiro atoms. The summed E-state index contributed by atoms with van der Waals surface area (Å²) in [5.41, 5.74) is 8.61. The normalized spacial score (nSPS) is 10.5. The summed E-state index contributed by atoms with van der Waals surface area (Å²) in [6.45, 7) is 0. The Morgan fingerprint density at radius 1 is 1.29 bits per heavy atom. The molecular weight excluding hydrogens is 296 g/mol. The number of benzene rings is 1. The van der Waals surface area contributed by atoms with E-state index >= 15 is 0 Å². The summed E-state index contributed by atoms with van der Waals surface area (Å²) >= 11 is 0. The summed E-state index contributed by atoms with van der Waals surface area (Å²) in [5.74, 6) is 0.322. The summed E-state index contributed by atoms with van der Waals surface area (Å²) in [6, 6.07) is 6.80. The van der Waals surface area contributed by atoms with Crippen LogP contribution in [0.3, 0.4) is 0 Å². The van der Waals surface area contributed by atoms with Gasteiger partial charge in [-0.25, -0.2) is 18.4 Å². The third kappa shape index (κ3) is 3.59. The highest BCUT2D eigenvalue weighted by Gasteiger charge is 2.15. The van der Waals surface area contributed by atoms with Crippen LogP contribution in [0.5, 0.6) is 5.88 Å². The molecule has 0 saturated heterocycles. The van der Waals surface area contributed by atoms with E-state index in [2.05, 4.69) is 24.7 Å². The van der Waals surface area contributed by atoms with Crippen molar-refractivity contribution in [3.63, 3.8) is 0 Å². The molecular formula is C11H10N6O3S. The second-order valence-corrected chi connectivity index (χ2v) is 5.42. The number of nitrogens with zero attached hydrogens (tertiary/aromatic N) is 5. The van der Waals surface area contributed by atoms with Gasteiger partial charge in [0.25, 0.3) is 10.0 Å². The summed E-state index contributed by atoms with van der Waals surface area (Å²) in [6.07, 6.45) is 1.18. The van der Waals surface area contributed by atoms with E-state index in [0.29, 0.717) is 5.69 Å². The first kappa shape index (κ1) is 14.6. The summed E-state index contributed by atoms with van der Waals surface area (Å²) in [4.78, 5) is 10.2. The minimum absolute atomic E-state index is 0.0111. The maximum absolute atomic E-state index is 12.2. The van der Waals surface area contributed by atoms with Crippen LogP contribution >= 0.6 is 0 Å². The molecule has 1 aromatic heterocycles. The molecule has 1 N–H and O–H groups in total. The monoisotopic (exact) mass is 306 g/mol. The fourth-order valence-corrected chi connectivity index (χ4v) is 2.45. The first-order valence-electron chi connectivity index (χ1n) is 5.59. The first-order chi connectivity index (χ1) is 10.0. The molecule has 108 valence electrons. The number of hydrogen-bond acceptors (Lipinski definition) is 6. The Bertz CT molecular complexity index is 784. The summed E-state index contributed by atoms with van der Waals surface area (Å²) in [5, 5.41) is 3.36. The standard InChI is InChI=1S/C11H10N6O3S/c1-20-11-6-10(13-7-14-11)16-21(18,19)9-4-2-8(3-5-9)15-17-12/h2-7H,1H3,(H,13,14,16). The van der Waals surface area contributed by atoms with Crippen molar-refractivity contribution in [2.75, 3.05) is 11.8 Å². The van der Waals surface area contributed by atoms with Gasteiger partial charge in [-0.3, -0.25) is 4.72 Å². The van der Waals surface area contributed by atoms with E-state index in [1.807, 2.05) is 0 Å². The molecule has 0 amide bonds. The van der Waals surface area contributed by atoms with E-state index in [4.69, 9.17) is 10.3 Å². The van der Waals surface area contributed by atoms with Crippen LogP contribution in [0.25, 0.3) is 10.4 Å². The van der Waals surface area contributed by atoms with Crippen molar-refractivity contribution in [2.45, 2.75) is 4.90 Å². The van der Waals surface area contributed by atoms with Gasteiger partial charge in [0.15, 0.2) is 0 Å². The van der Waals surface area contributed by atoms with Crippen molar-refractivity contribution >= 4 is 21.5 Å². The number of hydrogen-bond donors (Lipinski definition) is 1. The molecule has 0 aliphatic carbocycles. The lowest BCUT2D eigenvalue weighted by atomic mass is 10.3. The van der Waals surface area contributed by atoms with Crippen LogP contribution in [0.4, 0.5) is 11.5 Å². The molecule has 0 saturated carbocycles. The molecule has 1 heterocycles. The zero-order chi connectivity index (χ0) is 15.3. The van der Waals surface area contributed by atoms with Crippen molar-refractivity contribution < 1.29 is 13.2 Å². The largest absolute Gasteiger partial charge is 0.481 e. The zero-order valence-electron chi connectivity index (χ0n) is 10.8. The molecule has 21 heavy (non-hydrogen) atoms. The van der Waals surface area contributed by atoms with Crippen LogP contribution in [0, 0.1) is 0 Å². The van der Waals surface area contributed by atoms with Crippen LogP contribution in [0.15, 0.2) is 46.7 Å². The number of nitrogens with one attached hydrogen (secondary N) is 1. The smallest absolute Gasteiger partial charge is 0.263 e. The van der Waals surface area contributed by atoms with Crippen LogP contribution in [-0.2, 0) is 10.0 Å². The molecule has 0 bridgehead atoms. The number of aromatic nitrogens is 2. The maximum atomic E-state index is 12.2. The lowest BCUT2D eigenvalue weighted by Gasteiger charge is -2.08. The van der Waals surface area contributed by atoms with Crippen molar-refractivity contribution in [3.8, 4) is 5.88 Å². The molecule has 9 nitrogen and oxygen atoms in total. The van der Waals surface area contributed by atoms with Gasteiger partial charge in [-0.2, -0.15) is 0 Å². The molecule has 0 aliphatic rings. The Morgan fingerprint density at radius 3 is 2.62 bits per heavy atom. The maximum Gasteiger partial charge on any atom is 0.263 e. The predicted molar refractivity (Wildman–Crippen MR) is 74.6 cm³/mol. The average molecular weight is 306 g/mol. The lowest BCUT2D eigenvalue weighted by molar-refractivity contribution is 0.397. The van der Waals surface area contributed by atoms with Crippen LogP contribution in [0.1, 0.15) is 0 Å². The molecule has 0 atom stereocenters. The van der Waals surface area contributed by atoms with Crippen LogP contribution in [-0.4, -0.2) is 25.5 Å². The van der Waals surface area contributed by atoms with Crippen molar-refractivity contribution in [3.05, 3.63) is 47.1 Å². The zero-order valence-corrected chi connectivity index (χ0v) is 11.6. The van der Waals surface area contributed by atoms with Crippen molar-refractivity contribution in [1.29, 1.82) is 0 Å². The quantitative estimate of drug-likeness (QED) is 0.514. The third-order valence-corrected chi connectivity index (χ3v) is 3.77. The third-order valence-electron chi connectivity index (χ3n) is 2.40. The Labute approximate surface area is 120 Å². The Morgan fingerprint density at radius 2 is 2.00 bits per heavy atom. The SMILES string of the molecule is COc1cc(NS(=O)(=O)c2ccc(N=[N+]=[N-])cc2)ncn1. The fourth-order valence-electron chi connectivity index (χ4n) is 1.45. The van der Waals surface area contributed by atoms with Crippen LogP contribution < -0.4 is 9.46 Å². The van der Waals surface area contributed by atoms with Crippen LogP contribution in [0.2, 0.25) is 0 Å². The van der Waals surface area contributed by atoms with E-state index in [9.17, 15) is 8.42 Å². The number of ether oxygens (including phenoxy) is 1. The Hall–Kier alpha value is -2.84. The van der Waals surface area contributed by atoms with Gasteiger partial charge >= 0.3 is 0 Å². The topological polar surface area (TPSA) is 130 Å². The van der Waals surface area contributed by atoms with E-state index in [1.165, 1.54) is 43.8 Å². The highest BCUT2D eigenvalue weighted by Crippen LogP contribution is 2.19. The lowest BCUT2D eigenvalue weighted by Crippen LogP contribution is -2.14. The van der Waals surface area contributed by atoms with Gasteiger partial charge in [0, 0.05) is 16.7 Å². The molecule has 1 aromatic carbocycles.